The highest BCUT2D eigenvalue weighted by molar-refractivity contribution is 7.18. The van der Waals surface area contributed by atoms with Gasteiger partial charge in [-0.1, -0.05) is 53.8 Å². The molecule has 1 atom stereocenters. The van der Waals surface area contributed by atoms with Crippen molar-refractivity contribution < 1.29 is 23.1 Å². The van der Waals surface area contributed by atoms with E-state index < -0.39 is 12.7 Å². The molecule has 3 aromatic rings. The van der Waals surface area contributed by atoms with Crippen molar-refractivity contribution in [3.63, 3.8) is 0 Å². The van der Waals surface area contributed by atoms with Crippen molar-refractivity contribution >= 4 is 28.3 Å². The van der Waals surface area contributed by atoms with Crippen LogP contribution < -0.4 is 10.1 Å². The van der Waals surface area contributed by atoms with E-state index >= 15 is 0 Å². The van der Waals surface area contributed by atoms with Crippen molar-refractivity contribution in [2.75, 3.05) is 5.32 Å². The van der Waals surface area contributed by atoms with Gasteiger partial charge in [-0.05, 0) is 24.1 Å². The summed E-state index contributed by atoms with van der Waals surface area (Å²) in [5, 5.41) is 11.9. The molecule has 1 saturated heterocycles. The lowest BCUT2D eigenvalue weighted by molar-refractivity contribution is -0.133. The third-order valence-corrected chi connectivity index (χ3v) is 5.70. The van der Waals surface area contributed by atoms with E-state index in [1.807, 2.05) is 30.3 Å². The number of alkyl halides is 2. The molecule has 1 aromatic heterocycles. The topological polar surface area (TPSA) is 84.4 Å². The lowest BCUT2D eigenvalue weighted by atomic mass is 10.1. The normalized spacial score (nSPS) is 16.0. The Bertz CT molecular complexity index is 1060. The maximum absolute atomic E-state index is 12.8. The second-order valence-corrected chi connectivity index (χ2v) is 7.84. The minimum absolute atomic E-state index is 0.0336. The van der Waals surface area contributed by atoms with Gasteiger partial charge in [-0.3, -0.25) is 14.9 Å². The monoisotopic (exact) mass is 444 g/mol. The molecule has 4 rings (SSSR count). The Hall–Kier alpha value is -3.40. The van der Waals surface area contributed by atoms with Gasteiger partial charge in [0, 0.05) is 18.5 Å². The van der Waals surface area contributed by atoms with Gasteiger partial charge >= 0.3 is 6.61 Å². The van der Waals surface area contributed by atoms with Gasteiger partial charge in [0.15, 0.2) is 0 Å². The quantitative estimate of drug-likeness (QED) is 0.597. The van der Waals surface area contributed by atoms with Crippen molar-refractivity contribution in [2.45, 2.75) is 32.0 Å². The number of ether oxygens (including phenoxy) is 1. The number of halogens is 2. The number of rotatable bonds is 7. The number of carbonyl (C=O) groups excluding carboxylic acids is 2. The lowest BCUT2D eigenvalue weighted by Crippen LogP contribution is -2.41. The second-order valence-electron chi connectivity index (χ2n) is 6.87. The molecule has 1 aliphatic heterocycles. The summed E-state index contributed by atoms with van der Waals surface area (Å²) in [6.45, 7) is -2.71. The molecule has 2 amide bonds. The largest absolute Gasteiger partial charge is 0.435 e. The number of carbonyl (C=O) groups is 2. The molecule has 7 nitrogen and oxygen atoms in total. The Morgan fingerprint density at radius 3 is 2.61 bits per heavy atom. The van der Waals surface area contributed by atoms with Crippen molar-refractivity contribution in [3.05, 3.63) is 60.2 Å². The van der Waals surface area contributed by atoms with Crippen LogP contribution in [-0.2, 0) is 16.1 Å². The van der Waals surface area contributed by atoms with Gasteiger partial charge in [0.2, 0.25) is 16.9 Å². The minimum Gasteiger partial charge on any atom is -0.435 e. The summed E-state index contributed by atoms with van der Waals surface area (Å²) in [7, 11) is 0. The van der Waals surface area contributed by atoms with Crippen LogP contribution in [0.25, 0.3) is 10.6 Å². The van der Waals surface area contributed by atoms with Gasteiger partial charge in [0.05, 0.1) is 0 Å². The molecule has 0 saturated carbocycles. The standard InChI is InChI=1S/C21H18F2N4O3S/c22-20(23)30-15-8-6-13(7-9-15)12-27-16(10-11-17(27)28)18(29)24-21-26-25-19(31-21)14-4-2-1-3-5-14/h1-9,16,20H,10-12H2,(H,24,26,29). The zero-order valence-corrected chi connectivity index (χ0v) is 17.0. The van der Waals surface area contributed by atoms with Crippen LogP contribution in [0, 0.1) is 0 Å². The van der Waals surface area contributed by atoms with Crippen LogP contribution in [0.1, 0.15) is 18.4 Å². The molecule has 1 aliphatic rings. The second kappa shape index (κ2) is 9.17. The molecule has 0 bridgehead atoms. The van der Waals surface area contributed by atoms with E-state index in [0.717, 1.165) is 5.56 Å². The van der Waals surface area contributed by atoms with Gasteiger partial charge < -0.3 is 9.64 Å². The number of hydrogen-bond donors (Lipinski definition) is 1. The van der Waals surface area contributed by atoms with E-state index in [1.165, 1.54) is 28.4 Å². The first-order valence-electron chi connectivity index (χ1n) is 9.52. The number of amides is 2. The van der Waals surface area contributed by atoms with E-state index in [4.69, 9.17) is 0 Å². The molecule has 31 heavy (non-hydrogen) atoms. The van der Waals surface area contributed by atoms with Gasteiger partial charge in [-0.15, -0.1) is 10.2 Å². The highest BCUT2D eigenvalue weighted by Gasteiger charge is 2.36. The van der Waals surface area contributed by atoms with Crippen LogP contribution in [-0.4, -0.2) is 39.6 Å². The zero-order chi connectivity index (χ0) is 21.8. The van der Waals surface area contributed by atoms with Crippen LogP contribution in [0.3, 0.4) is 0 Å². The predicted octanol–water partition coefficient (Wildman–Crippen LogP) is 3.94. The summed E-state index contributed by atoms with van der Waals surface area (Å²) >= 11 is 1.25. The molecule has 10 heteroatoms. The number of anilines is 1. The first-order valence-corrected chi connectivity index (χ1v) is 10.3. The van der Waals surface area contributed by atoms with Gasteiger partial charge in [-0.2, -0.15) is 8.78 Å². The molecule has 160 valence electrons. The van der Waals surface area contributed by atoms with Crippen molar-refractivity contribution in [1.29, 1.82) is 0 Å². The fourth-order valence-electron chi connectivity index (χ4n) is 3.34. The van der Waals surface area contributed by atoms with E-state index in [1.54, 1.807) is 12.1 Å². The molecule has 1 N–H and O–H groups in total. The maximum atomic E-state index is 12.8. The Labute approximate surface area is 180 Å². The van der Waals surface area contributed by atoms with Gasteiger partial charge in [0.25, 0.3) is 0 Å². The summed E-state index contributed by atoms with van der Waals surface area (Å²) in [4.78, 5) is 26.6. The molecular weight excluding hydrogens is 426 g/mol. The molecule has 2 aromatic carbocycles. The number of nitrogens with one attached hydrogen (secondary N) is 1. The van der Waals surface area contributed by atoms with E-state index in [9.17, 15) is 18.4 Å². The average Bonchev–Trinajstić information content (AvgIpc) is 3.37. The van der Waals surface area contributed by atoms with Crippen molar-refractivity contribution in [3.8, 4) is 16.3 Å². The third kappa shape index (κ3) is 5.02. The van der Waals surface area contributed by atoms with Crippen molar-refractivity contribution in [2.24, 2.45) is 0 Å². The van der Waals surface area contributed by atoms with Crippen LogP contribution in [0.2, 0.25) is 0 Å². The van der Waals surface area contributed by atoms with E-state index in [-0.39, 0.29) is 30.5 Å². The molecule has 0 radical (unpaired) electrons. The van der Waals surface area contributed by atoms with Crippen LogP contribution in [0.5, 0.6) is 5.75 Å². The molecule has 0 aliphatic carbocycles. The summed E-state index contributed by atoms with van der Waals surface area (Å²) < 4.78 is 28.9. The average molecular weight is 444 g/mol. The molecule has 0 spiro atoms. The summed E-state index contributed by atoms with van der Waals surface area (Å²) in [5.41, 5.74) is 1.61. The number of hydrogen-bond acceptors (Lipinski definition) is 6. The van der Waals surface area contributed by atoms with E-state index in [0.29, 0.717) is 22.1 Å². The number of likely N-dealkylation sites (tertiary alicyclic amines) is 1. The summed E-state index contributed by atoms with van der Waals surface area (Å²) in [6.07, 6.45) is 0.650. The van der Waals surface area contributed by atoms with Gasteiger partial charge in [0.1, 0.15) is 16.8 Å². The van der Waals surface area contributed by atoms with Crippen LogP contribution in [0.15, 0.2) is 54.6 Å². The Morgan fingerprint density at radius 2 is 1.90 bits per heavy atom. The highest BCUT2D eigenvalue weighted by atomic mass is 32.1. The molecular formula is C21H18F2N4O3S. The van der Waals surface area contributed by atoms with Crippen LogP contribution >= 0.6 is 11.3 Å². The Kier molecular flexibility index (Phi) is 6.17. The number of aromatic nitrogens is 2. The molecule has 1 unspecified atom stereocenters. The smallest absolute Gasteiger partial charge is 0.387 e. The summed E-state index contributed by atoms with van der Waals surface area (Å²) in [6, 6.07) is 14.8. The SMILES string of the molecule is O=C(Nc1nnc(-c2ccccc2)s1)C1CCC(=O)N1Cc1ccc(OC(F)F)cc1. The molecule has 2 heterocycles. The number of nitrogens with zero attached hydrogens (tertiary/aromatic N) is 3. The zero-order valence-electron chi connectivity index (χ0n) is 16.2. The first kappa shape index (κ1) is 20.9. The first-order chi connectivity index (χ1) is 15.0. The highest BCUT2D eigenvalue weighted by Crippen LogP contribution is 2.28. The maximum Gasteiger partial charge on any atom is 0.387 e. The third-order valence-electron chi connectivity index (χ3n) is 4.81. The van der Waals surface area contributed by atoms with E-state index in [2.05, 4.69) is 20.3 Å². The van der Waals surface area contributed by atoms with Crippen molar-refractivity contribution in [1.82, 2.24) is 15.1 Å². The summed E-state index contributed by atoms with van der Waals surface area (Å²) in [5.74, 6) is -0.444. The number of benzene rings is 2. The van der Waals surface area contributed by atoms with Crippen LogP contribution in [0.4, 0.5) is 13.9 Å². The predicted molar refractivity (Wildman–Crippen MR) is 111 cm³/mol. The fourth-order valence-corrected chi connectivity index (χ4v) is 4.09. The minimum atomic E-state index is -2.90. The lowest BCUT2D eigenvalue weighted by Gasteiger charge is -2.23. The Morgan fingerprint density at radius 1 is 1.16 bits per heavy atom. The fraction of sp³-hybridized carbons (Fsp3) is 0.238. The molecule has 1 fully saturated rings. The van der Waals surface area contributed by atoms with Gasteiger partial charge in [-0.25, -0.2) is 0 Å². The Balaban J connectivity index is 1.41.